The Morgan fingerprint density at radius 1 is 1.12 bits per heavy atom. The fraction of sp³-hybridized carbons (Fsp3) is 0.0588. The minimum Gasteiger partial charge on any atom is -0.308 e. The standard InChI is InChI=1S/C17H14ClFN4O/c18-13-2-1-3-15(8-13)21-17(24)22-16-9-20-23(11-16)10-12-4-6-14(19)7-5-12/h1-9,11H,10H2,(H2,21,22,24). The first-order valence-electron chi connectivity index (χ1n) is 7.19. The van der Waals surface area contributed by atoms with Gasteiger partial charge in [-0.1, -0.05) is 29.8 Å². The van der Waals surface area contributed by atoms with Crippen LogP contribution in [0.5, 0.6) is 0 Å². The van der Waals surface area contributed by atoms with E-state index in [1.165, 1.54) is 12.1 Å². The van der Waals surface area contributed by atoms with Gasteiger partial charge in [-0.3, -0.25) is 4.68 Å². The first kappa shape index (κ1) is 16.0. The van der Waals surface area contributed by atoms with Crippen LogP contribution >= 0.6 is 11.6 Å². The largest absolute Gasteiger partial charge is 0.323 e. The topological polar surface area (TPSA) is 59.0 Å². The van der Waals surface area contributed by atoms with Crippen LogP contribution < -0.4 is 10.6 Å². The zero-order chi connectivity index (χ0) is 16.9. The predicted octanol–water partition coefficient (Wildman–Crippen LogP) is 4.37. The summed E-state index contributed by atoms with van der Waals surface area (Å²) >= 11 is 5.87. The maximum absolute atomic E-state index is 12.9. The number of carbonyl (C=O) groups is 1. The van der Waals surface area contributed by atoms with Crippen LogP contribution in [0, 0.1) is 5.82 Å². The van der Waals surface area contributed by atoms with Crippen LogP contribution in [0.2, 0.25) is 5.02 Å². The van der Waals surface area contributed by atoms with Gasteiger partial charge in [0.05, 0.1) is 18.4 Å². The summed E-state index contributed by atoms with van der Waals surface area (Å²) in [4.78, 5) is 12.0. The van der Waals surface area contributed by atoms with Crippen LogP contribution in [0.25, 0.3) is 0 Å². The smallest absolute Gasteiger partial charge is 0.308 e. The highest BCUT2D eigenvalue weighted by Crippen LogP contribution is 2.15. The van der Waals surface area contributed by atoms with Gasteiger partial charge >= 0.3 is 6.03 Å². The number of rotatable bonds is 4. The molecule has 0 aliphatic carbocycles. The highest BCUT2D eigenvalue weighted by Gasteiger charge is 2.06. The third-order valence-corrected chi connectivity index (χ3v) is 3.47. The molecule has 2 N–H and O–H groups in total. The van der Waals surface area contributed by atoms with Crippen molar-refractivity contribution >= 4 is 29.0 Å². The molecule has 2 amide bonds. The number of benzene rings is 2. The van der Waals surface area contributed by atoms with E-state index in [0.717, 1.165) is 5.56 Å². The molecule has 3 aromatic rings. The van der Waals surface area contributed by atoms with Crippen molar-refractivity contribution in [3.05, 3.63) is 77.3 Å². The zero-order valence-corrected chi connectivity index (χ0v) is 13.3. The van der Waals surface area contributed by atoms with Gasteiger partial charge in [-0.15, -0.1) is 0 Å². The number of carbonyl (C=O) groups excluding carboxylic acids is 1. The molecule has 0 aliphatic rings. The zero-order valence-electron chi connectivity index (χ0n) is 12.5. The number of urea groups is 1. The molecule has 0 radical (unpaired) electrons. The molecule has 0 atom stereocenters. The molecular formula is C17H14ClFN4O. The average molecular weight is 345 g/mol. The lowest BCUT2D eigenvalue weighted by Crippen LogP contribution is -2.19. The third-order valence-electron chi connectivity index (χ3n) is 3.23. The van der Waals surface area contributed by atoms with E-state index in [4.69, 9.17) is 11.6 Å². The lowest BCUT2D eigenvalue weighted by molar-refractivity contribution is 0.262. The van der Waals surface area contributed by atoms with Gasteiger partial charge in [0, 0.05) is 16.9 Å². The lowest BCUT2D eigenvalue weighted by Gasteiger charge is -2.06. The summed E-state index contributed by atoms with van der Waals surface area (Å²) in [6, 6.07) is 12.7. The minimum atomic E-state index is -0.390. The molecule has 1 aromatic heterocycles. The van der Waals surface area contributed by atoms with E-state index in [-0.39, 0.29) is 5.82 Å². The fourth-order valence-corrected chi connectivity index (χ4v) is 2.34. The second kappa shape index (κ2) is 7.14. The van der Waals surface area contributed by atoms with Gasteiger partial charge in [0.2, 0.25) is 0 Å². The number of aromatic nitrogens is 2. The van der Waals surface area contributed by atoms with Crippen LogP contribution in [0.4, 0.5) is 20.6 Å². The maximum Gasteiger partial charge on any atom is 0.323 e. The Balaban J connectivity index is 1.59. The summed E-state index contributed by atoms with van der Waals surface area (Å²) in [7, 11) is 0. The molecule has 24 heavy (non-hydrogen) atoms. The van der Waals surface area contributed by atoms with Crippen molar-refractivity contribution in [2.24, 2.45) is 0 Å². The molecule has 1 heterocycles. The van der Waals surface area contributed by atoms with E-state index in [9.17, 15) is 9.18 Å². The Bertz CT molecular complexity index is 848. The van der Waals surface area contributed by atoms with Crippen LogP contribution in [0.3, 0.4) is 0 Å². The normalized spacial score (nSPS) is 10.4. The summed E-state index contributed by atoms with van der Waals surface area (Å²) < 4.78 is 14.5. The van der Waals surface area contributed by atoms with Gasteiger partial charge in [-0.05, 0) is 35.9 Å². The second-order valence-electron chi connectivity index (χ2n) is 5.14. The minimum absolute atomic E-state index is 0.278. The first-order chi connectivity index (χ1) is 11.6. The number of anilines is 2. The molecule has 0 fully saturated rings. The SMILES string of the molecule is O=C(Nc1cccc(Cl)c1)Nc1cnn(Cc2ccc(F)cc2)c1. The van der Waals surface area contributed by atoms with Crippen LogP contribution in [0.15, 0.2) is 60.9 Å². The Kier molecular flexibility index (Phi) is 4.77. The summed E-state index contributed by atoms with van der Waals surface area (Å²) in [6.45, 7) is 0.484. The Morgan fingerprint density at radius 3 is 2.62 bits per heavy atom. The quantitative estimate of drug-likeness (QED) is 0.738. The van der Waals surface area contributed by atoms with Gasteiger partial charge < -0.3 is 10.6 Å². The van der Waals surface area contributed by atoms with Crippen molar-refractivity contribution in [2.75, 3.05) is 10.6 Å². The van der Waals surface area contributed by atoms with E-state index >= 15 is 0 Å². The van der Waals surface area contributed by atoms with Gasteiger partial charge in [0.25, 0.3) is 0 Å². The van der Waals surface area contributed by atoms with E-state index in [0.29, 0.717) is 22.9 Å². The molecule has 0 spiro atoms. The summed E-state index contributed by atoms with van der Waals surface area (Å²) in [5.74, 6) is -0.278. The van der Waals surface area contributed by atoms with Crippen LogP contribution in [-0.4, -0.2) is 15.8 Å². The molecule has 0 bridgehead atoms. The molecule has 7 heteroatoms. The van der Waals surface area contributed by atoms with E-state index < -0.39 is 6.03 Å². The first-order valence-corrected chi connectivity index (χ1v) is 7.57. The molecule has 0 saturated heterocycles. The van der Waals surface area contributed by atoms with Crippen molar-refractivity contribution in [1.82, 2.24) is 9.78 Å². The number of amides is 2. The maximum atomic E-state index is 12.9. The number of hydrogen-bond acceptors (Lipinski definition) is 2. The Morgan fingerprint density at radius 2 is 1.88 bits per heavy atom. The molecule has 0 unspecified atom stereocenters. The Labute approximate surface area is 143 Å². The summed E-state index contributed by atoms with van der Waals surface area (Å²) in [5, 5.41) is 10.1. The van der Waals surface area contributed by atoms with E-state index in [2.05, 4.69) is 15.7 Å². The predicted molar refractivity (Wildman–Crippen MR) is 91.8 cm³/mol. The monoisotopic (exact) mass is 344 g/mol. The summed E-state index contributed by atoms with van der Waals surface area (Å²) in [5.41, 5.74) is 2.06. The number of nitrogens with one attached hydrogen (secondary N) is 2. The molecule has 0 aliphatic heterocycles. The average Bonchev–Trinajstić information content (AvgIpc) is 2.96. The molecule has 2 aromatic carbocycles. The molecule has 3 rings (SSSR count). The number of halogens is 2. The highest BCUT2D eigenvalue weighted by molar-refractivity contribution is 6.30. The van der Waals surface area contributed by atoms with Crippen LogP contribution in [-0.2, 0) is 6.54 Å². The van der Waals surface area contributed by atoms with Gasteiger partial charge in [0.1, 0.15) is 5.82 Å². The fourth-order valence-electron chi connectivity index (χ4n) is 2.15. The van der Waals surface area contributed by atoms with Gasteiger partial charge in [-0.25, -0.2) is 9.18 Å². The molecular weight excluding hydrogens is 331 g/mol. The van der Waals surface area contributed by atoms with E-state index in [1.54, 1.807) is 53.5 Å². The van der Waals surface area contributed by atoms with Gasteiger partial charge in [0.15, 0.2) is 0 Å². The molecule has 122 valence electrons. The van der Waals surface area contributed by atoms with Crippen molar-refractivity contribution in [3.8, 4) is 0 Å². The second-order valence-corrected chi connectivity index (χ2v) is 5.58. The van der Waals surface area contributed by atoms with Crippen molar-refractivity contribution < 1.29 is 9.18 Å². The third kappa shape index (κ3) is 4.33. The summed E-state index contributed by atoms with van der Waals surface area (Å²) in [6.07, 6.45) is 3.24. The number of nitrogens with zero attached hydrogens (tertiary/aromatic N) is 2. The lowest BCUT2D eigenvalue weighted by atomic mass is 10.2. The van der Waals surface area contributed by atoms with Crippen molar-refractivity contribution in [1.29, 1.82) is 0 Å². The number of hydrogen-bond donors (Lipinski definition) is 2. The highest BCUT2D eigenvalue weighted by atomic mass is 35.5. The molecule has 5 nitrogen and oxygen atoms in total. The Hall–Kier alpha value is -2.86. The molecule has 0 saturated carbocycles. The van der Waals surface area contributed by atoms with Crippen molar-refractivity contribution in [2.45, 2.75) is 6.54 Å². The van der Waals surface area contributed by atoms with Gasteiger partial charge in [-0.2, -0.15) is 5.10 Å². The van der Waals surface area contributed by atoms with Crippen LogP contribution in [0.1, 0.15) is 5.56 Å². The van der Waals surface area contributed by atoms with Crippen molar-refractivity contribution in [3.63, 3.8) is 0 Å². The van der Waals surface area contributed by atoms with E-state index in [1.807, 2.05) is 0 Å².